The number of carbonyl (C=O) groups excluding carboxylic acids is 1. The normalized spacial score (nSPS) is 17.7. The maximum atomic E-state index is 12.9. The summed E-state index contributed by atoms with van der Waals surface area (Å²) in [5.74, 6) is 1.31. The highest BCUT2D eigenvalue weighted by molar-refractivity contribution is 6.00. The van der Waals surface area contributed by atoms with Crippen molar-refractivity contribution in [2.45, 2.75) is 45.2 Å². The summed E-state index contributed by atoms with van der Waals surface area (Å²) in [6.07, 6.45) is 5.98. The molecule has 6 heteroatoms. The van der Waals surface area contributed by atoms with Gasteiger partial charge in [-0.3, -0.25) is 4.79 Å². The van der Waals surface area contributed by atoms with Crippen LogP contribution in [-0.4, -0.2) is 27.2 Å². The predicted molar refractivity (Wildman–Crippen MR) is 91.9 cm³/mol. The van der Waals surface area contributed by atoms with E-state index in [4.69, 9.17) is 0 Å². The molecule has 2 N–H and O–H groups in total. The number of aromatic nitrogens is 3. The van der Waals surface area contributed by atoms with Crippen molar-refractivity contribution in [3.05, 3.63) is 41.5 Å². The zero-order valence-corrected chi connectivity index (χ0v) is 14.0. The smallest absolute Gasteiger partial charge is 0.253 e. The first kappa shape index (κ1) is 15.2. The molecule has 2 aromatic rings. The maximum absolute atomic E-state index is 12.9. The van der Waals surface area contributed by atoms with Crippen LogP contribution in [0, 0.1) is 5.92 Å². The standard InChI is InChI=1S/C18H23N5O/c1-2-23-17(20-11-21-23)16(13-8-9-13)22-18(24)14-7-3-5-12-6-4-10-19-15(12)14/h3,5,7,11,13,16,19H,2,4,6,8-10H2,1H3,(H,22,24). The second kappa shape index (κ2) is 6.26. The van der Waals surface area contributed by atoms with E-state index in [1.807, 2.05) is 23.7 Å². The lowest BCUT2D eigenvalue weighted by atomic mass is 9.98. The molecule has 2 heterocycles. The van der Waals surface area contributed by atoms with Gasteiger partial charge in [-0.25, -0.2) is 9.67 Å². The van der Waals surface area contributed by atoms with Crippen molar-refractivity contribution in [3.8, 4) is 0 Å². The number of hydrogen-bond donors (Lipinski definition) is 2. The minimum Gasteiger partial charge on any atom is -0.384 e. The van der Waals surface area contributed by atoms with Gasteiger partial charge in [0.05, 0.1) is 17.3 Å². The Labute approximate surface area is 141 Å². The van der Waals surface area contributed by atoms with Crippen molar-refractivity contribution >= 4 is 11.6 Å². The predicted octanol–water partition coefficient (Wildman–Crippen LogP) is 2.54. The average molecular weight is 325 g/mol. The molecule has 1 aliphatic carbocycles. The minimum absolute atomic E-state index is 0.0243. The summed E-state index contributed by atoms with van der Waals surface area (Å²) in [4.78, 5) is 17.3. The van der Waals surface area contributed by atoms with Gasteiger partial charge >= 0.3 is 0 Å². The van der Waals surface area contributed by atoms with Crippen molar-refractivity contribution in [1.82, 2.24) is 20.1 Å². The number of aryl methyl sites for hydroxylation is 2. The summed E-state index contributed by atoms with van der Waals surface area (Å²) in [6.45, 7) is 3.73. The second-order valence-electron chi connectivity index (χ2n) is 6.59. The molecule has 0 radical (unpaired) electrons. The number of nitrogens with one attached hydrogen (secondary N) is 2. The number of amides is 1. The van der Waals surface area contributed by atoms with Gasteiger partial charge in [0.15, 0.2) is 0 Å². The van der Waals surface area contributed by atoms with E-state index in [0.29, 0.717) is 5.92 Å². The van der Waals surface area contributed by atoms with Gasteiger partial charge in [-0.15, -0.1) is 0 Å². The average Bonchev–Trinajstić information content (AvgIpc) is 3.35. The number of benzene rings is 1. The van der Waals surface area contributed by atoms with Gasteiger partial charge < -0.3 is 10.6 Å². The maximum Gasteiger partial charge on any atom is 0.253 e. The summed E-state index contributed by atoms with van der Waals surface area (Å²) in [5.41, 5.74) is 2.96. The molecule has 1 aromatic carbocycles. The van der Waals surface area contributed by atoms with Crippen LogP contribution in [0.15, 0.2) is 24.5 Å². The van der Waals surface area contributed by atoms with Gasteiger partial charge in [0.2, 0.25) is 0 Å². The fourth-order valence-electron chi connectivity index (χ4n) is 3.50. The first-order chi connectivity index (χ1) is 11.8. The van der Waals surface area contributed by atoms with Crippen molar-refractivity contribution in [3.63, 3.8) is 0 Å². The molecule has 0 bridgehead atoms. The van der Waals surface area contributed by atoms with Gasteiger partial charge in [-0.2, -0.15) is 5.10 Å². The van der Waals surface area contributed by atoms with Crippen LogP contribution in [0.4, 0.5) is 5.69 Å². The van der Waals surface area contributed by atoms with Crippen LogP contribution in [0.2, 0.25) is 0 Å². The molecule has 0 saturated heterocycles. The van der Waals surface area contributed by atoms with E-state index in [-0.39, 0.29) is 11.9 Å². The lowest BCUT2D eigenvalue weighted by molar-refractivity contribution is 0.0929. The Morgan fingerprint density at radius 3 is 3.12 bits per heavy atom. The molecule has 6 nitrogen and oxygen atoms in total. The zero-order chi connectivity index (χ0) is 16.5. The van der Waals surface area contributed by atoms with E-state index in [1.165, 1.54) is 5.56 Å². The molecular weight excluding hydrogens is 302 g/mol. The molecule has 1 fully saturated rings. The molecule has 1 saturated carbocycles. The molecule has 1 unspecified atom stereocenters. The van der Waals surface area contributed by atoms with E-state index in [0.717, 1.165) is 55.8 Å². The number of nitrogens with zero attached hydrogens (tertiary/aromatic N) is 3. The highest BCUT2D eigenvalue weighted by Gasteiger charge is 2.36. The molecular formula is C18H23N5O. The van der Waals surface area contributed by atoms with Crippen molar-refractivity contribution in [2.24, 2.45) is 5.92 Å². The lowest BCUT2D eigenvalue weighted by Crippen LogP contribution is -2.33. The van der Waals surface area contributed by atoms with E-state index < -0.39 is 0 Å². The largest absolute Gasteiger partial charge is 0.384 e. The third kappa shape index (κ3) is 2.77. The van der Waals surface area contributed by atoms with Gasteiger partial charge in [-0.05, 0) is 50.2 Å². The van der Waals surface area contributed by atoms with Crippen LogP contribution in [0.1, 0.15) is 54.0 Å². The summed E-state index contributed by atoms with van der Waals surface area (Å²) in [5, 5.41) is 10.9. The Morgan fingerprint density at radius 1 is 1.46 bits per heavy atom. The molecule has 1 atom stereocenters. The molecule has 0 spiro atoms. The number of para-hydroxylation sites is 1. The van der Waals surface area contributed by atoms with E-state index in [9.17, 15) is 4.79 Å². The summed E-state index contributed by atoms with van der Waals surface area (Å²) >= 11 is 0. The van der Waals surface area contributed by atoms with Crippen LogP contribution in [-0.2, 0) is 13.0 Å². The number of carbonyl (C=O) groups is 1. The van der Waals surface area contributed by atoms with Crippen molar-refractivity contribution < 1.29 is 4.79 Å². The van der Waals surface area contributed by atoms with Crippen molar-refractivity contribution in [2.75, 3.05) is 11.9 Å². The van der Waals surface area contributed by atoms with Crippen molar-refractivity contribution in [1.29, 1.82) is 0 Å². The molecule has 1 aliphatic heterocycles. The van der Waals surface area contributed by atoms with E-state index in [2.05, 4.69) is 26.8 Å². The Hall–Kier alpha value is -2.37. The van der Waals surface area contributed by atoms with Crippen LogP contribution >= 0.6 is 0 Å². The highest BCUT2D eigenvalue weighted by atomic mass is 16.1. The monoisotopic (exact) mass is 325 g/mol. The third-order valence-corrected chi connectivity index (χ3v) is 4.92. The molecule has 1 aromatic heterocycles. The second-order valence-corrected chi connectivity index (χ2v) is 6.59. The number of anilines is 1. The topological polar surface area (TPSA) is 71.8 Å². The summed E-state index contributed by atoms with van der Waals surface area (Å²) in [7, 11) is 0. The Balaban J connectivity index is 1.61. The summed E-state index contributed by atoms with van der Waals surface area (Å²) < 4.78 is 1.88. The van der Waals surface area contributed by atoms with E-state index >= 15 is 0 Å². The first-order valence-electron chi connectivity index (χ1n) is 8.82. The summed E-state index contributed by atoms with van der Waals surface area (Å²) in [6, 6.07) is 5.92. The number of rotatable bonds is 5. The third-order valence-electron chi connectivity index (χ3n) is 4.92. The molecule has 2 aliphatic rings. The van der Waals surface area contributed by atoms with E-state index in [1.54, 1.807) is 6.33 Å². The van der Waals surface area contributed by atoms with Crippen LogP contribution in [0.5, 0.6) is 0 Å². The Kier molecular flexibility index (Phi) is 3.96. The fourth-order valence-corrected chi connectivity index (χ4v) is 3.50. The number of hydrogen-bond acceptors (Lipinski definition) is 4. The zero-order valence-electron chi connectivity index (χ0n) is 14.0. The molecule has 4 rings (SSSR count). The fraction of sp³-hybridized carbons (Fsp3) is 0.500. The molecule has 126 valence electrons. The quantitative estimate of drug-likeness (QED) is 0.886. The van der Waals surface area contributed by atoms with Crippen LogP contribution < -0.4 is 10.6 Å². The van der Waals surface area contributed by atoms with Gasteiger partial charge in [0, 0.05) is 13.1 Å². The SMILES string of the molecule is CCn1ncnc1C(NC(=O)c1cccc2c1NCCC2)C1CC1. The molecule has 1 amide bonds. The molecule has 24 heavy (non-hydrogen) atoms. The van der Waals surface area contributed by atoms with Crippen LogP contribution in [0.3, 0.4) is 0 Å². The Bertz CT molecular complexity index is 750. The highest BCUT2D eigenvalue weighted by Crippen LogP contribution is 2.40. The van der Waals surface area contributed by atoms with Gasteiger partial charge in [0.25, 0.3) is 5.91 Å². The minimum atomic E-state index is -0.0561. The first-order valence-corrected chi connectivity index (χ1v) is 8.82. The van der Waals surface area contributed by atoms with Crippen LogP contribution in [0.25, 0.3) is 0 Å². The number of fused-ring (bicyclic) bond motifs is 1. The lowest BCUT2D eigenvalue weighted by Gasteiger charge is -2.23. The Morgan fingerprint density at radius 2 is 2.33 bits per heavy atom. The van der Waals surface area contributed by atoms with Gasteiger partial charge in [-0.1, -0.05) is 12.1 Å². The van der Waals surface area contributed by atoms with Gasteiger partial charge in [0.1, 0.15) is 12.2 Å².